The van der Waals surface area contributed by atoms with Crippen LogP contribution in [-0.2, 0) is 0 Å². The van der Waals surface area contributed by atoms with Crippen molar-refractivity contribution < 1.29 is 13.2 Å². The molecule has 0 N–H and O–H groups in total. The zero-order chi connectivity index (χ0) is 11.5. The van der Waals surface area contributed by atoms with Gasteiger partial charge in [0.15, 0.2) is 0 Å². The fraction of sp³-hybridized carbons (Fsp3) is 0.0909. The smallest absolute Gasteiger partial charge is 0.264 e. The van der Waals surface area contributed by atoms with Crippen LogP contribution in [-0.4, -0.2) is 9.97 Å². The molecule has 0 fully saturated rings. The van der Waals surface area contributed by atoms with Crippen LogP contribution in [0, 0.1) is 5.95 Å². The molecule has 0 unspecified atom stereocenters. The van der Waals surface area contributed by atoms with Gasteiger partial charge in [-0.3, -0.25) is 4.98 Å². The molecule has 2 aromatic heterocycles. The van der Waals surface area contributed by atoms with E-state index in [1.807, 2.05) is 0 Å². The van der Waals surface area contributed by atoms with E-state index in [0.717, 1.165) is 6.20 Å². The van der Waals surface area contributed by atoms with Gasteiger partial charge in [-0.1, -0.05) is 0 Å². The summed E-state index contributed by atoms with van der Waals surface area (Å²) in [5, 5.41) is 0. The van der Waals surface area contributed by atoms with Crippen LogP contribution in [0.5, 0.6) is 0 Å². The van der Waals surface area contributed by atoms with Crippen LogP contribution in [0.2, 0.25) is 0 Å². The number of nitrogens with zero attached hydrogens (tertiary/aromatic N) is 2. The topological polar surface area (TPSA) is 25.8 Å². The number of rotatable bonds is 2. The van der Waals surface area contributed by atoms with Crippen molar-refractivity contribution in [3.63, 3.8) is 0 Å². The maximum absolute atomic E-state index is 12.8. The monoisotopic (exact) mass is 224 g/mol. The molecular weight excluding hydrogens is 217 g/mol. The molecule has 0 aliphatic carbocycles. The van der Waals surface area contributed by atoms with Gasteiger partial charge in [-0.05, 0) is 17.7 Å². The van der Waals surface area contributed by atoms with Crippen molar-refractivity contribution in [1.29, 1.82) is 0 Å². The summed E-state index contributed by atoms with van der Waals surface area (Å²) in [6.07, 6.45) is 1.19. The van der Waals surface area contributed by atoms with Crippen molar-refractivity contribution in [1.82, 2.24) is 9.97 Å². The average Bonchev–Trinajstić information content (AvgIpc) is 2.29. The van der Waals surface area contributed by atoms with Crippen LogP contribution in [0.15, 0.2) is 36.8 Å². The van der Waals surface area contributed by atoms with Gasteiger partial charge in [0, 0.05) is 35.8 Å². The largest absolute Gasteiger partial charge is 0.265 e. The molecule has 0 saturated heterocycles. The van der Waals surface area contributed by atoms with E-state index in [-0.39, 0.29) is 5.56 Å². The molecule has 2 heterocycles. The lowest BCUT2D eigenvalue weighted by atomic mass is 10.1. The molecule has 0 bridgehead atoms. The van der Waals surface area contributed by atoms with Crippen molar-refractivity contribution in [2.45, 2.75) is 6.43 Å². The second kappa shape index (κ2) is 4.30. The first-order chi connectivity index (χ1) is 7.66. The fourth-order valence-corrected chi connectivity index (χ4v) is 1.32. The molecule has 2 nitrogen and oxygen atoms in total. The summed E-state index contributed by atoms with van der Waals surface area (Å²) in [6, 6.07) is 3.99. The lowest BCUT2D eigenvalue weighted by Gasteiger charge is -2.03. The number of hydrogen-bond donors (Lipinski definition) is 0. The Labute approximate surface area is 89.8 Å². The normalized spacial score (nSPS) is 10.8. The zero-order valence-electron chi connectivity index (χ0n) is 8.07. The summed E-state index contributed by atoms with van der Waals surface area (Å²) in [4.78, 5) is 7.08. The molecule has 5 heteroatoms. The van der Waals surface area contributed by atoms with Crippen LogP contribution in [0.1, 0.15) is 12.0 Å². The number of halogens is 3. The number of pyridine rings is 2. The Morgan fingerprint density at radius 1 is 1.06 bits per heavy atom. The number of alkyl halides is 2. The minimum absolute atomic E-state index is 0.185. The summed E-state index contributed by atoms with van der Waals surface area (Å²) in [5.41, 5.74) is 0.733. The lowest BCUT2D eigenvalue weighted by Crippen LogP contribution is -1.89. The first-order valence-corrected chi connectivity index (χ1v) is 4.52. The van der Waals surface area contributed by atoms with Gasteiger partial charge >= 0.3 is 0 Å². The highest BCUT2D eigenvalue weighted by Gasteiger charge is 2.09. The van der Waals surface area contributed by atoms with Crippen molar-refractivity contribution in [2.75, 3.05) is 0 Å². The quantitative estimate of drug-likeness (QED) is 0.732. The van der Waals surface area contributed by atoms with Crippen LogP contribution in [0.3, 0.4) is 0 Å². The minimum Gasteiger partial charge on any atom is -0.264 e. The Hall–Kier alpha value is -1.91. The van der Waals surface area contributed by atoms with Gasteiger partial charge in [0.05, 0.1) is 0 Å². The standard InChI is InChI=1S/C11H7F3N2/c12-10-4-7(1-2-16-10)8-3-9(11(13)14)6-15-5-8/h1-6,11H. The molecule has 0 aromatic carbocycles. The number of aromatic nitrogens is 2. The molecular formula is C11H7F3N2. The first kappa shape index (κ1) is 10.6. The van der Waals surface area contributed by atoms with E-state index in [1.165, 1.54) is 30.6 Å². The third kappa shape index (κ3) is 2.18. The molecule has 0 atom stereocenters. The summed E-state index contributed by atoms with van der Waals surface area (Å²) < 4.78 is 37.7. The predicted octanol–water partition coefficient (Wildman–Crippen LogP) is 3.22. The Bertz CT molecular complexity index is 500. The Kier molecular flexibility index (Phi) is 2.85. The highest BCUT2D eigenvalue weighted by molar-refractivity contribution is 5.62. The minimum atomic E-state index is -2.58. The highest BCUT2D eigenvalue weighted by atomic mass is 19.3. The van der Waals surface area contributed by atoms with Crippen molar-refractivity contribution >= 4 is 0 Å². The Balaban J connectivity index is 2.44. The van der Waals surface area contributed by atoms with E-state index in [4.69, 9.17) is 0 Å². The Morgan fingerprint density at radius 3 is 2.56 bits per heavy atom. The van der Waals surface area contributed by atoms with E-state index < -0.39 is 12.4 Å². The van der Waals surface area contributed by atoms with Crippen molar-refractivity contribution in [3.05, 3.63) is 48.3 Å². The second-order valence-corrected chi connectivity index (χ2v) is 3.17. The summed E-state index contributed by atoms with van der Waals surface area (Å²) in [5.74, 6) is -0.653. The van der Waals surface area contributed by atoms with E-state index in [2.05, 4.69) is 9.97 Å². The lowest BCUT2D eigenvalue weighted by molar-refractivity contribution is 0.151. The molecule has 0 saturated carbocycles. The van der Waals surface area contributed by atoms with Gasteiger partial charge in [0.25, 0.3) is 6.43 Å². The Morgan fingerprint density at radius 2 is 1.88 bits per heavy atom. The average molecular weight is 224 g/mol. The van der Waals surface area contributed by atoms with Gasteiger partial charge in [0.1, 0.15) is 0 Å². The van der Waals surface area contributed by atoms with Gasteiger partial charge in [-0.2, -0.15) is 4.39 Å². The van der Waals surface area contributed by atoms with Crippen molar-refractivity contribution in [3.8, 4) is 11.1 Å². The second-order valence-electron chi connectivity index (χ2n) is 3.17. The predicted molar refractivity (Wildman–Crippen MR) is 52.4 cm³/mol. The SMILES string of the molecule is Fc1cc(-c2cncc(C(F)F)c2)ccn1. The van der Waals surface area contributed by atoms with Gasteiger partial charge in [0.2, 0.25) is 5.95 Å². The van der Waals surface area contributed by atoms with E-state index in [0.29, 0.717) is 11.1 Å². The molecule has 0 aliphatic heterocycles. The van der Waals surface area contributed by atoms with Crippen LogP contribution >= 0.6 is 0 Å². The summed E-state index contributed by atoms with van der Waals surface area (Å²) in [6.45, 7) is 0. The van der Waals surface area contributed by atoms with Gasteiger partial charge in [-0.15, -0.1) is 0 Å². The zero-order valence-corrected chi connectivity index (χ0v) is 8.07. The van der Waals surface area contributed by atoms with E-state index in [9.17, 15) is 13.2 Å². The summed E-state index contributed by atoms with van der Waals surface area (Å²) in [7, 11) is 0. The maximum Gasteiger partial charge on any atom is 0.265 e. The molecule has 0 aliphatic rings. The van der Waals surface area contributed by atoms with Crippen LogP contribution in [0.4, 0.5) is 13.2 Å². The van der Waals surface area contributed by atoms with E-state index >= 15 is 0 Å². The van der Waals surface area contributed by atoms with Gasteiger partial charge < -0.3 is 0 Å². The van der Waals surface area contributed by atoms with E-state index in [1.54, 1.807) is 0 Å². The molecule has 2 rings (SSSR count). The number of hydrogen-bond acceptors (Lipinski definition) is 2. The van der Waals surface area contributed by atoms with Crippen LogP contribution in [0.25, 0.3) is 11.1 Å². The molecule has 16 heavy (non-hydrogen) atoms. The molecule has 82 valence electrons. The molecule has 0 spiro atoms. The summed E-state index contributed by atoms with van der Waals surface area (Å²) >= 11 is 0. The molecule has 2 aromatic rings. The van der Waals surface area contributed by atoms with Gasteiger partial charge in [-0.25, -0.2) is 13.8 Å². The third-order valence-corrected chi connectivity index (χ3v) is 2.07. The first-order valence-electron chi connectivity index (χ1n) is 4.52. The highest BCUT2D eigenvalue weighted by Crippen LogP contribution is 2.24. The maximum atomic E-state index is 12.8. The fourth-order valence-electron chi connectivity index (χ4n) is 1.32. The third-order valence-electron chi connectivity index (χ3n) is 2.07. The van der Waals surface area contributed by atoms with Crippen LogP contribution < -0.4 is 0 Å². The molecule has 0 amide bonds. The molecule has 0 radical (unpaired) electrons. The van der Waals surface area contributed by atoms with Crippen molar-refractivity contribution in [2.24, 2.45) is 0 Å².